The summed E-state index contributed by atoms with van der Waals surface area (Å²) in [7, 11) is 0. The molecule has 0 saturated carbocycles. The van der Waals surface area contributed by atoms with Gasteiger partial charge in [0.05, 0.1) is 0 Å². The van der Waals surface area contributed by atoms with Gasteiger partial charge in [-0.25, -0.2) is 0 Å². The molecule has 0 aliphatic rings. The number of unbranched alkanes of at least 4 members (excludes halogenated alkanes) is 34. The average molecular weight is 920 g/mol. The van der Waals surface area contributed by atoms with E-state index in [0.29, 0.717) is 19.3 Å². The van der Waals surface area contributed by atoms with Gasteiger partial charge in [0.25, 0.3) is 0 Å². The summed E-state index contributed by atoms with van der Waals surface area (Å²) in [4.78, 5) is 38.1. The van der Waals surface area contributed by atoms with Gasteiger partial charge < -0.3 is 14.2 Å². The van der Waals surface area contributed by atoms with Crippen LogP contribution in [-0.2, 0) is 28.6 Å². The van der Waals surface area contributed by atoms with Crippen molar-refractivity contribution in [3.63, 3.8) is 0 Å². The SMILES string of the molecule is CCC(C)CCCCCCCCCCC(=O)OC[C@H](COC(=O)CCCCCCCCCCCCCC(C)C)OC(=O)CCCCCCCCCCCCCCCCCCCCC(C)C. The second-order valence-corrected chi connectivity index (χ2v) is 21.5. The summed E-state index contributed by atoms with van der Waals surface area (Å²) < 4.78 is 16.9. The fourth-order valence-corrected chi connectivity index (χ4v) is 8.97. The predicted octanol–water partition coefficient (Wildman–Crippen LogP) is 19.1. The Morgan fingerprint density at radius 2 is 0.538 bits per heavy atom. The van der Waals surface area contributed by atoms with Crippen LogP contribution in [0, 0.1) is 17.8 Å². The van der Waals surface area contributed by atoms with Gasteiger partial charge in [-0.1, -0.05) is 286 Å². The first kappa shape index (κ1) is 63.4. The van der Waals surface area contributed by atoms with Crippen LogP contribution >= 0.6 is 0 Å². The van der Waals surface area contributed by atoms with E-state index in [1.54, 1.807) is 0 Å². The van der Waals surface area contributed by atoms with Gasteiger partial charge >= 0.3 is 17.9 Å². The molecule has 2 atom stereocenters. The normalized spacial score (nSPS) is 12.6. The molecule has 0 spiro atoms. The molecule has 0 fully saturated rings. The lowest BCUT2D eigenvalue weighted by Crippen LogP contribution is -2.30. The molecule has 0 radical (unpaired) electrons. The van der Waals surface area contributed by atoms with E-state index in [-0.39, 0.29) is 31.1 Å². The van der Waals surface area contributed by atoms with Crippen LogP contribution < -0.4 is 0 Å². The van der Waals surface area contributed by atoms with E-state index in [1.807, 2.05) is 0 Å². The molecule has 6 heteroatoms. The third-order valence-corrected chi connectivity index (χ3v) is 13.8. The lowest BCUT2D eigenvalue weighted by atomic mass is 9.99. The third kappa shape index (κ3) is 51.6. The molecule has 0 N–H and O–H groups in total. The summed E-state index contributed by atoms with van der Waals surface area (Å²) >= 11 is 0. The van der Waals surface area contributed by atoms with E-state index < -0.39 is 6.10 Å². The van der Waals surface area contributed by atoms with E-state index >= 15 is 0 Å². The summed E-state index contributed by atoms with van der Waals surface area (Å²) in [6.45, 7) is 13.8. The van der Waals surface area contributed by atoms with E-state index in [9.17, 15) is 14.4 Å². The average Bonchev–Trinajstić information content (AvgIpc) is 3.28. The Hall–Kier alpha value is -1.59. The molecule has 0 bridgehead atoms. The largest absolute Gasteiger partial charge is 0.462 e. The fraction of sp³-hybridized carbons (Fsp3) is 0.949. The lowest BCUT2D eigenvalue weighted by Gasteiger charge is -2.18. The second kappa shape index (κ2) is 50.3. The van der Waals surface area contributed by atoms with Crippen LogP contribution in [0.3, 0.4) is 0 Å². The smallest absolute Gasteiger partial charge is 0.306 e. The molecule has 0 aromatic heterocycles. The number of hydrogen-bond donors (Lipinski definition) is 0. The highest BCUT2D eigenvalue weighted by molar-refractivity contribution is 5.71. The molecule has 65 heavy (non-hydrogen) atoms. The Kier molecular flexibility index (Phi) is 49.1. The van der Waals surface area contributed by atoms with Crippen molar-refractivity contribution < 1.29 is 28.6 Å². The first-order chi connectivity index (χ1) is 31.6. The quantitative estimate of drug-likeness (QED) is 0.0344. The highest BCUT2D eigenvalue weighted by Crippen LogP contribution is 2.19. The van der Waals surface area contributed by atoms with Crippen molar-refractivity contribution in [1.82, 2.24) is 0 Å². The zero-order valence-electron chi connectivity index (χ0n) is 44.8. The minimum absolute atomic E-state index is 0.0640. The molecule has 0 aliphatic carbocycles. The number of carbonyl (C=O) groups excluding carboxylic acids is 3. The van der Waals surface area contributed by atoms with Crippen molar-refractivity contribution in [2.24, 2.45) is 17.8 Å². The van der Waals surface area contributed by atoms with Crippen molar-refractivity contribution >= 4 is 17.9 Å². The summed E-state index contributed by atoms with van der Waals surface area (Å²) in [5.74, 6) is 1.69. The fourth-order valence-electron chi connectivity index (χ4n) is 8.97. The van der Waals surface area contributed by atoms with Crippen molar-refractivity contribution in [2.75, 3.05) is 13.2 Å². The summed E-state index contributed by atoms with van der Waals surface area (Å²) in [6.07, 6.45) is 52.4. The first-order valence-electron chi connectivity index (χ1n) is 29.1. The van der Waals surface area contributed by atoms with Gasteiger partial charge in [-0.05, 0) is 37.0 Å². The molecule has 0 saturated heterocycles. The summed E-state index contributed by atoms with van der Waals surface area (Å²) in [6, 6.07) is 0. The predicted molar refractivity (Wildman–Crippen MR) is 279 cm³/mol. The minimum Gasteiger partial charge on any atom is -0.462 e. The van der Waals surface area contributed by atoms with Gasteiger partial charge in [0, 0.05) is 19.3 Å². The molecule has 1 unspecified atom stereocenters. The van der Waals surface area contributed by atoms with Crippen LogP contribution in [0.5, 0.6) is 0 Å². The maximum absolute atomic E-state index is 12.9. The highest BCUT2D eigenvalue weighted by Gasteiger charge is 2.19. The zero-order valence-corrected chi connectivity index (χ0v) is 44.8. The molecule has 0 heterocycles. The van der Waals surface area contributed by atoms with Crippen LogP contribution in [0.2, 0.25) is 0 Å². The van der Waals surface area contributed by atoms with Crippen molar-refractivity contribution in [3.8, 4) is 0 Å². The number of hydrogen-bond acceptors (Lipinski definition) is 6. The molecule has 0 aromatic carbocycles. The Bertz CT molecular complexity index is 1010. The van der Waals surface area contributed by atoms with Crippen LogP contribution in [0.1, 0.15) is 324 Å². The van der Waals surface area contributed by atoms with Gasteiger partial charge in [-0.3, -0.25) is 14.4 Å². The van der Waals surface area contributed by atoms with Gasteiger partial charge in [0.1, 0.15) is 13.2 Å². The maximum atomic E-state index is 12.9. The van der Waals surface area contributed by atoms with E-state index in [1.165, 1.54) is 205 Å². The van der Waals surface area contributed by atoms with Crippen molar-refractivity contribution in [1.29, 1.82) is 0 Å². The number of carbonyl (C=O) groups is 3. The standard InChI is InChI=1S/C59H114O6/c1-7-55(6)47-41-35-29-25-26-31-37-43-49-58(61)64-52-56(51-63-57(60)48-42-36-30-23-20-16-18-22-28-34-40-46-54(4)5)65-59(62)50-44-38-32-24-19-15-13-11-9-8-10-12-14-17-21-27-33-39-45-53(2)3/h53-56H,7-52H2,1-6H3/t55?,56-/m0/s1. The molecular formula is C59H114O6. The van der Waals surface area contributed by atoms with Crippen LogP contribution in [0.25, 0.3) is 0 Å². The summed E-state index contributed by atoms with van der Waals surface area (Å²) in [5.41, 5.74) is 0. The van der Waals surface area contributed by atoms with Gasteiger partial charge in [-0.15, -0.1) is 0 Å². The second-order valence-electron chi connectivity index (χ2n) is 21.5. The number of esters is 3. The van der Waals surface area contributed by atoms with E-state index in [4.69, 9.17) is 14.2 Å². The number of rotatable bonds is 52. The first-order valence-corrected chi connectivity index (χ1v) is 29.1. The Labute approximate surface area is 406 Å². The molecular weight excluding hydrogens is 805 g/mol. The van der Waals surface area contributed by atoms with E-state index in [2.05, 4.69) is 41.5 Å². The van der Waals surface area contributed by atoms with Crippen LogP contribution in [-0.4, -0.2) is 37.2 Å². The Morgan fingerprint density at radius 1 is 0.308 bits per heavy atom. The van der Waals surface area contributed by atoms with Gasteiger partial charge in [-0.2, -0.15) is 0 Å². The number of ether oxygens (including phenoxy) is 3. The maximum Gasteiger partial charge on any atom is 0.306 e. The molecule has 0 rings (SSSR count). The molecule has 386 valence electrons. The van der Waals surface area contributed by atoms with E-state index in [0.717, 1.165) is 75.5 Å². The van der Waals surface area contributed by atoms with Gasteiger partial charge in [0.2, 0.25) is 0 Å². The lowest BCUT2D eigenvalue weighted by molar-refractivity contribution is -0.167. The van der Waals surface area contributed by atoms with Crippen LogP contribution in [0.15, 0.2) is 0 Å². The minimum atomic E-state index is -0.764. The van der Waals surface area contributed by atoms with Crippen molar-refractivity contribution in [2.45, 2.75) is 330 Å². The van der Waals surface area contributed by atoms with Gasteiger partial charge in [0.15, 0.2) is 6.10 Å². The topological polar surface area (TPSA) is 78.9 Å². The zero-order chi connectivity index (χ0) is 47.7. The third-order valence-electron chi connectivity index (χ3n) is 13.8. The highest BCUT2D eigenvalue weighted by atomic mass is 16.6. The molecule has 0 aromatic rings. The Morgan fingerprint density at radius 3 is 0.800 bits per heavy atom. The van der Waals surface area contributed by atoms with Crippen molar-refractivity contribution in [3.05, 3.63) is 0 Å². The molecule has 6 nitrogen and oxygen atoms in total. The Balaban J connectivity index is 4.26. The molecule has 0 amide bonds. The van der Waals surface area contributed by atoms with Crippen LogP contribution in [0.4, 0.5) is 0 Å². The monoisotopic (exact) mass is 919 g/mol. The summed E-state index contributed by atoms with van der Waals surface area (Å²) in [5, 5.41) is 0. The molecule has 0 aliphatic heterocycles.